The molecule has 0 radical (unpaired) electrons. The van der Waals surface area contributed by atoms with Gasteiger partial charge in [0, 0.05) is 18.6 Å². The van der Waals surface area contributed by atoms with Crippen LogP contribution >= 0.6 is 0 Å². The first-order valence-electron chi connectivity index (χ1n) is 3.68. The molecule has 0 bridgehead atoms. The number of aromatic amines is 1. The van der Waals surface area contributed by atoms with Crippen LogP contribution in [0, 0.1) is 0 Å². The summed E-state index contributed by atoms with van der Waals surface area (Å²) in [6.45, 7) is 0. The molecule has 0 aliphatic heterocycles. The Morgan fingerprint density at radius 3 is 3.15 bits per heavy atom. The molecule has 68 valence electrons. The van der Waals surface area contributed by atoms with E-state index in [1.165, 1.54) is 0 Å². The quantitative estimate of drug-likeness (QED) is 0.593. The second kappa shape index (κ2) is 2.60. The molecular weight excluding hydrogens is 172 g/mol. The van der Waals surface area contributed by atoms with Gasteiger partial charge in [0.15, 0.2) is 0 Å². The van der Waals surface area contributed by atoms with Crippen LogP contribution in [-0.2, 0) is 4.79 Å². The molecule has 0 aliphatic carbocycles. The Morgan fingerprint density at radius 1 is 1.77 bits per heavy atom. The van der Waals surface area contributed by atoms with Crippen molar-refractivity contribution in [1.82, 2.24) is 14.4 Å². The molecule has 2 aromatic rings. The lowest BCUT2D eigenvalue weighted by Crippen LogP contribution is -2.20. The van der Waals surface area contributed by atoms with Crippen molar-refractivity contribution in [3.05, 3.63) is 24.3 Å². The van der Waals surface area contributed by atoms with Crippen LogP contribution in [0.25, 0.3) is 5.78 Å². The standard InChI is InChI=1S/C7H8N4O2/c8-5(6(12)13)4-3-11-2-1-9-7(11)10-4/h1-3,5H,8H2,(H,9,10)(H,12,13). The maximum atomic E-state index is 10.5. The maximum absolute atomic E-state index is 10.5. The third-order valence-corrected chi connectivity index (χ3v) is 1.80. The summed E-state index contributed by atoms with van der Waals surface area (Å²) in [7, 11) is 0. The Hall–Kier alpha value is -1.82. The van der Waals surface area contributed by atoms with Crippen LogP contribution in [0.3, 0.4) is 0 Å². The number of nitrogens with zero attached hydrogens (tertiary/aromatic N) is 2. The van der Waals surface area contributed by atoms with E-state index in [0.29, 0.717) is 11.5 Å². The van der Waals surface area contributed by atoms with Gasteiger partial charge in [0.05, 0.1) is 5.69 Å². The second-order valence-electron chi connectivity index (χ2n) is 2.68. The first kappa shape index (κ1) is 7.81. The largest absolute Gasteiger partial charge is 0.480 e. The van der Waals surface area contributed by atoms with E-state index in [-0.39, 0.29) is 0 Å². The molecule has 0 spiro atoms. The van der Waals surface area contributed by atoms with Gasteiger partial charge in [-0.25, -0.2) is 4.98 Å². The number of nitrogens with one attached hydrogen (secondary N) is 1. The molecule has 2 aromatic heterocycles. The highest BCUT2D eigenvalue weighted by Crippen LogP contribution is 2.09. The van der Waals surface area contributed by atoms with E-state index in [2.05, 4.69) is 9.97 Å². The summed E-state index contributed by atoms with van der Waals surface area (Å²) in [5.74, 6) is -0.476. The van der Waals surface area contributed by atoms with Gasteiger partial charge in [-0.3, -0.25) is 9.20 Å². The van der Waals surface area contributed by atoms with Gasteiger partial charge >= 0.3 is 5.97 Å². The van der Waals surface area contributed by atoms with E-state index < -0.39 is 12.0 Å². The lowest BCUT2D eigenvalue weighted by atomic mass is 10.2. The fraction of sp³-hybridized carbons (Fsp3) is 0.143. The lowest BCUT2D eigenvalue weighted by Gasteiger charge is -2.00. The van der Waals surface area contributed by atoms with Gasteiger partial charge < -0.3 is 15.8 Å². The third-order valence-electron chi connectivity index (χ3n) is 1.80. The van der Waals surface area contributed by atoms with Gasteiger partial charge in [-0.15, -0.1) is 0 Å². The van der Waals surface area contributed by atoms with Crippen LogP contribution in [0.4, 0.5) is 0 Å². The zero-order valence-electron chi connectivity index (χ0n) is 6.64. The molecule has 1 unspecified atom stereocenters. The molecule has 0 fully saturated rings. The van der Waals surface area contributed by atoms with E-state index in [1.54, 1.807) is 23.0 Å². The molecule has 2 heterocycles. The number of H-pyrrole nitrogens is 1. The van der Waals surface area contributed by atoms with Crippen molar-refractivity contribution in [1.29, 1.82) is 0 Å². The molecule has 0 aliphatic rings. The average Bonchev–Trinajstić information content (AvgIpc) is 2.59. The van der Waals surface area contributed by atoms with Gasteiger partial charge in [-0.05, 0) is 0 Å². The van der Waals surface area contributed by atoms with Crippen LogP contribution in [0.15, 0.2) is 18.6 Å². The van der Waals surface area contributed by atoms with Crippen LogP contribution < -0.4 is 5.73 Å². The molecule has 0 saturated carbocycles. The zero-order chi connectivity index (χ0) is 9.42. The predicted octanol–water partition coefficient (Wildman–Crippen LogP) is -0.253. The van der Waals surface area contributed by atoms with Crippen molar-refractivity contribution < 1.29 is 9.90 Å². The number of aromatic nitrogens is 3. The first-order valence-corrected chi connectivity index (χ1v) is 3.68. The molecule has 13 heavy (non-hydrogen) atoms. The van der Waals surface area contributed by atoms with Crippen molar-refractivity contribution in [2.24, 2.45) is 5.73 Å². The Kier molecular flexibility index (Phi) is 1.56. The summed E-state index contributed by atoms with van der Waals surface area (Å²) >= 11 is 0. The summed E-state index contributed by atoms with van der Waals surface area (Å²) in [5.41, 5.74) is 5.83. The number of hydrogen-bond donors (Lipinski definition) is 3. The van der Waals surface area contributed by atoms with E-state index in [0.717, 1.165) is 0 Å². The smallest absolute Gasteiger partial charge is 0.326 e. The first-order chi connectivity index (χ1) is 6.18. The van der Waals surface area contributed by atoms with Crippen LogP contribution in [-0.4, -0.2) is 25.4 Å². The molecule has 4 N–H and O–H groups in total. The summed E-state index contributed by atoms with van der Waals surface area (Å²) < 4.78 is 1.68. The summed E-state index contributed by atoms with van der Waals surface area (Å²) in [4.78, 5) is 17.3. The maximum Gasteiger partial charge on any atom is 0.326 e. The normalized spacial score (nSPS) is 13.3. The van der Waals surface area contributed by atoms with Crippen molar-refractivity contribution in [3.8, 4) is 0 Å². The number of nitrogens with two attached hydrogens (primary N) is 1. The number of carboxylic acid groups (broad SMARTS) is 1. The van der Waals surface area contributed by atoms with Gasteiger partial charge in [0.1, 0.15) is 6.04 Å². The Balaban J connectivity index is 2.44. The third kappa shape index (κ3) is 1.17. The Bertz CT molecular complexity index is 415. The number of rotatable bonds is 2. The molecule has 6 nitrogen and oxygen atoms in total. The molecule has 6 heteroatoms. The molecule has 0 aromatic carbocycles. The van der Waals surface area contributed by atoms with Gasteiger partial charge in [0.25, 0.3) is 0 Å². The fourth-order valence-electron chi connectivity index (χ4n) is 1.12. The van der Waals surface area contributed by atoms with E-state index in [4.69, 9.17) is 10.8 Å². The zero-order valence-corrected chi connectivity index (χ0v) is 6.64. The highest BCUT2D eigenvalue weighted by molar-refractivity contribution is 5.74. The van der Waals surface area contributed by atoms with Crippen molar-refractivity contribution in [3.63, 3.8) is 0 Å². The second-order valence-corrected chi connectivity index (χ2v) is 2.68. The number of hydrogen-bond acceptors (Lipinski definition) is 3. The van der Waals surface area contributed by atoms with E-state index in [9.17, 15) is 4.79 Å². The Morgan fingerprint density at radius 2 is 2.54 bits per heavy atom. The molecule has 0 saturated heterocycles. The molecule has 1 atom stereocenters. The molecule has 2 rings (SSSR count). The number of fused-ring (bicyclic) bond motifs is 1. The van der Waals surface area contributed by atoms with Crippen LogP contribution in [0.2, 0.25) is 0 Å². The minimum Gasteiger partial charge on any atom is -0.480 e. The Labute approximate surface area is 73.0 Å². The number of carboxylic acids is 1. The fourth-order valence-corrected chi connectivity index (χ4v) is 1.12. The SMILES string of the molecule is NC(C(=O)O)c1cn2ccnc2[nH]1. The van der Waals surface area contributed by atoms with E-state index in [1.807, 2.05) is 0 Å². The lowest BCUT2D eigenvalue weighted by molar-refractivity contribution is -0.138. The monoisotopic (exact) mass is 180 g/mol. The summed E-state index contributed by atoms with van der Waals surface area (Å²) in [5, 5.41) is 8.62. The van der Waals surface area contributed by atoms with Crippen molar-refractivity contribution >= 4 is 11.7 Å². The number of carbonyl (C=O) groups is 1. The summed E-state index contributed by atoms with van der Waals surface area (Å²) in [6.07, 6.45) is 4.94. The van der Waals surface area contributed by atoms with Gasteiger partial charge in [-0.2, -0.15) is 0 Å². The molecular formula is C7H8N4O2. The van der Waals surface area contributed by atoms with Crippen LogP contribution in [0.5, 0.6) is 0 Å². The van der Waals surface area contributed by atoms with Gasteiger partial charge in [-0.1, -0.05) is 0 Å². The average molecular weight is 180 g/mol. The predicted molar refractivity (Wildman–Crippen MR) is 44.1 cm³/mol. The number of imidazole rings is 2. The molecule has 0 amide bonds. The highest BCUT2D eigenvalue weighted by Gasteiger charge is 2.16. The minimum absolute atomic E-state index is 0.440. The minimum atomic E-state index is -1.07. The highest BCUT2D eigenvalue weighted by atomic mass is 16.4. The van der Waals surface area contributed by atoms with Crippen molar-refractivity contribution in [2.45, 2.75) is 6.04 Å². The van der Waals surface area contributed by atoms with Crippen molar-refractivity contribution in [2.75, 3.05) is 0 Å². The number of aliphatic carboxylic acids is 1. The van der Waals surface area contributed by atoms with E-state index >= 15 is 0 Å². The summed E-state index contributed by atoms with van der Waals surface area (Å²) in [6, 6.07) is -1.03. The van der Waals surface area contributed by atoms with Gasteiger partial charge in [0.2, 0.25) is 5.78 Å². The van der Waals surface area contributed by atoms with Crippen LogP contribution in [0.1, 0.15) is 11.7 Å². The topological polar surface area (TPSA) is 96.4 Å².